The lowest BCUT2D eigenvalue weighted by molar-refractivity contribution is -0.112. The van der Waals surface area contributed by atoms with Gasteiger partial charge in [-0.1, -0.05) is 18.2 Å². The summed E-state index contributed by atoms with van der Waals surface area (Å²) in [5, 5.41) is 13.9. The lowest BCUT2D eigenvalue weighted by Gasteiger charge is -2.01. The zero-order chi connectivity index (χ0) is 13.7. The zero-order valence-electron chi connectivity index (χ0n) is 9.63. The van der Waals surface area contributed by atoms with Crippen molar-refractivity contribution in [3.05, 3.63) is 50.5 Å². The number of benzene rings is 1. The van der Waals surface area contributed by atoms with Crippen LogP contribution in [0.25, 0.3) is 6.08 Å². The molecular weight excluding hydrogens is 373 g/mol. The number of rotatable bonds is 3. The van der Waals surface area contributed by atoms with Crippen molar-refractivity contribution in [2.45, 2.75) is 0 Å². The molecule has 2 aromatic rings. The number of anilines is 1. The van der Waals surface area contributed by atoms with Crippen LogP contribution in [0.1, 0.15) is 5.56 Å². The van der Waals surface area contributed by atoms with E-state index in [0.29, 0.717) is 5.13 Å². The summed E-state index contributed by atoms with van der Waals surface area (Å²) in [4.78, 5) is 15.9. The lowest BCUT2D eigenvalue weighted by atomic mass is 10.1. The summed E-state index contributed by atoms with van der Waals surface area (Å²) >= 11 is 3.47. The second-order valence-corrected chi connectivity index (χ2v) is 5.54. The van der Waals surface area contributed by atoms with Crippen LogP contribution in [0.2, 0.25) is 0 Å². The molecule has 1 heterocycles. The molecule has 94 valence electrons. The van der Waals surface area contributed by atoms with Crippen molar-refractivity contribution in [1.29, 1.82) is 5.26 Å². The van der Waals surface area contributed by atoms with Crippen molar-refractivity contribution in [1.82, 2.24) is 4.98 Å². The third kappa shape index (κ3) is 3.62. The molecule has 19 heavy (non-hydrogen) atoms. The molecule has 0 saturated heterocycles. The Bertz CT molecular complexity index is 659. The molecule has 6 heteroatoms. The number of thiazole rings is 1. The molecule has 0 bridgehead atoms. The second kappa shape index (κ2) is 6.45. The van der Waals surface area contributed by atoms with E-state index in [-0.39, 0.29) is 5.57 Å². The summed E-state index contributed by atoms with van der Waals surface area (Å²) in [6, 6.07) is 9.45. The predicted octanol–water partition coefficient (Wildman–Crippen LogP) is 3.29. The Labute approximate surface area is 127 Å². The molecule has 0 aliphatic rings. The number of amides is 1. The van der Waals surface area contributed by atoms with Crippen LogP contribution in [0.5, 0.6) is 0 Å². The van der Waals surface area contributed by atoms with Gasteiger partial charge in [0, 0.05) is 15.1 Å². The largest absolute Gasteiger partial charge is 0.297 e. The monoisotopic (exact) mass is 381 g/mol. The Morgan fingerprint density at radius 2 is 2.26 bits per heavy atom. The van der Waals surface area contributed by atoms with E-state index >= 15 is 0 Å². The van der Waals surface area contributed by atoms with Crippen molar-refractivity contribution in [2.24, 2.45) is 0 Å². The highest BCUT2D eigenvalue weighted by Crippen LogP contribution is 2.17. The number of hydrogen-bond donors (Lipinski definition) is 1. The molecule has 0 aliphatic carbocycles. The van der Waals surface area contributed by atoms with E-state index in [1.165, 1.54) is 11.3 Å². The van der Waals surface area contributed by atoms with Gasteiger partial charge in [0.2, 0.25) is 0 Å². The highest BCUT2D eigenvalue weighted by molar-refractivity contribution is 14.1. The van der Waals surface area contributed by atoms with E-state index in [4.69, 9.17) is 5.26 Å². The first-order valence-electron chi connectivity index (χ1n) is 5.28. The minimum Gasteiger partial charge on any atom is -0.297 e. The fourth-order valence-corrected chi connectivity index (χ4v) is 2.41. The summed E-state index contributed by atoms with van der Waals surface area (Å²) in [5.74, 6) is -0.447. The van der Waals surface area contributed by atoms with Crippen LogP contribution < -0.4 is 5.32 Å². The van der Waals surface area contributed by atoms with E-state index in [2.05, 4.69) is 32.9 Å². The van der Waals surface area contributed by atoms with Gasteiger partial charge in [-0.25, -0.2) is 4.98 Å². The number of nitrogens with zero attached hydrogens (tertiary/aromatic N) is 2. The van der Waals surface area contributed by atoms with Crippen LogP contribution in [-0.4, -0.2) is 10.9 Å². The molecule has 0 radical (unpaired) electrons. The molecule has 1 aromatic carbocycles. The Morgan fingerprint density at radius 3 is 2.89 bits per heavy atom. The SMILES string of the molecule is N#C/C(=C\c1ccccc1I)C(=O)Nc1nccs1. The number of nitrogens with one attached hydrogen (secondary N) is 1. The Balaban J connectivity index is 2.23. The fourth-order valence-electron chi connectivity index (χ4n) is 1.35. The summed E-state index contributed by atoms with van der Waals surface area (Å²) in [6.07, 6.45) is 3.17. The van der Waals surface area contributed by atoms with Gasteiger partial charge in [-0.2, -0.15) is 5.26 Å². The maximum absolute atomic E-state index is 11.9. The van der Waals surface area contributed by atoms with Gasteiger partial charge in [0.15, 0.2) is 5.13 Å². The number of carbonyl (C=O) groups is 1. The maximum Gasteiger partial charge on any atom is 0.268 e. The third-order valence-corrected chi connectivity index (χ3v) is 3.89. The van der Waals surface area contributed by atoms with E-state index in [9.17, 15) is 4.79 Å². The average molecular weight is 381 g/mol. The number of nitriles is 1. The molecule has 0 fully saturated rings. The second-order valence-electron chi connectivity index (χ2n) is 3.48. The topological polar surface area (TPSA) is 65.8 Å². The van der Waals surface area contributed by atoms with Gasteiger partial charge < -0.3 is 0 Å². The van der Waals surface area contributed by atoms with E-state index in [0.717, 1.165) is 9.13 Å². The van der Waals surface area contributed by atoms with Gasteiger partial charge in [0.05, 0.1) is 0 Å². The molecule has 0 aliphatic heterocycles. The molecule has 1 N–H and O–H groups in total. The standard InChI is InChI=1S/C13H8IN3OS/c14-11-4-2-1-3-9(11)7-10(8-15)12(18)17-13-16-5-6-19-13/h1-7H,(H,16,17,18)/b10-7+. The van der Waals surface area contributed by atoms with E-state index in [1.807, 2.05) is 30.3 Å². The Hall–Kier alpha value is -1.72. The van der Waals surface area contributed by atoms with E-state index in [1.54, 1.807) is 17.7 Å². The normalized spacial score (nSPS) is 10.8. The quantitative estimate of drug-likeness (QED) is 0.504. The maximum atomic E-state index is 11.9. The zero-order valence-corrected chi connectivity index (χ0v) is 12.6. The summed E-state index contributed by atoms with van der Waals surface area (Å²) in [5.41, 5.74) is 0.897. The first-order valence-corrected chi connectivity index (χ1v) is 7.23. The minimum atomic E-state index is -0.447. The Morgan fingerprint density at radius 1 is 1.47 bits per heavy atom. The van der Waals surface area contributed by atoms with Gasteiger partial charge in [0.1, 0.15) is 11.6 Å². The highest BCUT2D eigenvalue weighted by atomic mass is 127. The first kappa shape index (κ1) is 13.7. The van der Waals surface area contributed by atoms with Gasteiger partial charge >= 0.3 is 0 Å². The first-order chi connectivity index (χ1) is 9.20. The van der Waals surface area contributed by atoms with Gasteiger partial charge in [-0.05, 0) is 40.3 Å². The predicted molar refractivity (Wildman–Crippen MR) is 83.5 cm³/mol. The van der Waals surface area contributed by atoms with Crippen LogP contribution in [0.15, 0.2) is 41.4 Å². The molecule has 2 rings (SSSR count). The fraction of sp³-hybridized carbons (Fsp3) is 0. The lowest BCUT2D eigenvalue weighted by Crippen LogP contribution is -2.13. The van der Waals surface area contributed by atoms with E-state index < -0.39 is 5.91 Å². The molecule has 0 spiro atoms. The smallest absolute Gasteiger partial charge is 0.268 e. The van der Waals surface area contributed by atoms with Gasteiger partial charge in [-0.3, -0.25) is 10.1 Å². The van der Waals surface area contributed by atoms with Crippen LogP contribution in [0.3, 0.4) is 0 Å². The molecule has 1 aromatic heterocycles. The Kier molecular flexibility index (Phi) is 4.65. The van der Waals surface area contributed by atoms with Gasteiger partial charge in [-0.15, -0.1) is 11.3 Å². The molecule has 1 amide bonds. The molecule has 4 nitrogen and oxygen atoms in total. The van der Waals surface area contributed by atoms with Gasteiger partial charge in [0.25, 0.3) is 5.91 Å². The minimum absolute atomic E-state index is 0.0549. The van der Waals surface area contributed by atoms with Crippen LogP contribution in [0.4, 0.5) is 5.13 Å². The molecule has 0 unspecified atom stereocenters. The number of hydrogen-bond acceptors (Lipinski definition) is 4. The van der Waals surface area contributed by atoms with Crippen LogP contribution in [0, 0.1) is 14.9 Å². The summed E-state index contributed by atoms with van der Waals surface area (Å²) < 4.78 is 0.981. The van der Waals surface area contributed by atoms with Crippen LogP contribution >= 0.6 is 33.9 Å². The highest BCUT2D eigenvalue weighted by Gasteiger charge is 2.11. The molecule has 0 atom stereocenters. The summed E-state index contributed by atoms with van der Waals surface area (Å²) in [7, 11) is 0. The number of halogens is 1. The van der Waals surface area contributed by atoms with Crippen molar-refractivity contribution < 1.29 is 4.79 Å². The molecule has 0 saturated carbocycles. The van der Waals surface area contributed by atoms with Crippen molar-refractivity contribution in [2.75, 3.05) is 5.32 Å². The number of aromatic nitrogens is 1. The van der Waals surface area contributed by atoms with Crippen molar-refractivity contribution in [3.63, 3.8) is 0 Å². The third-order valence-electron chi connectivity index (χ3n) is 2.22. The van der Waals surface area contributed by atoms with Crippen molar-refractivity contribution in [3.8, 4) is 6.07 Å². The van der Waals surface area contributed by atoms with Crippen LogP contribution in [-0.2, 0) is 4.79 Å². The average Bonchev–Trinajstić information content (AvgIpc) is 2.90. The van der Waals surface area contributed by atoms with Crippen molar-refractivity contribution >= 4 is 51.0 Å². The number of carbonyl (C=O) groups excluding carboxylic acids is 1. The molecular formula is C13H8IN3OS. The summed E-state index contributed by atoms with van der Waals surface area (Å²) in [6.45, 7) is 0.